The van der Waals surface area contributed by atoms with Crippen molar-refractivity contribution in [2.75, 3.05) is 0 Å². The van der Waals surface area contributed by atoms with E-state index in [1.165, 1.54) is 53.1 Å². The Morgan fingerprint density at radius 2 is 1.26 bits per heavy atom. The van der Waals surface area contributed by atoms with Crippen molar-refractivity contribution >= 4 is 53.3 Å². The second-order valence-electron chi connectivity index (χ2n) is 13.0. The van der Waals surface area contributed by atoms with Gasteiger partial charge in [0.2, 0.25) is 0 Å². The second kappa shape index (κ2) is 9.71. The standard InChI is InChI=1S/C43H29N3S/c1-43(2)33-20-10-6-18-29(33)39-40(26-14-4-3-5-15-26)44-42(45-41(39)43)30-19-8-12-22-35(30)46-34-21-11-7-16-27(34)31-25-38-32(24-36(31)46)28-17-9-13-23-37(28)47-38/h3-25H,1-2H3. The Morgan fingerprint density at radius 1 is 0.553 bits per heavy atom. The van der Waals surface area contributed by atoms with Gasteiger partial charge in [0.1, 0.15) is 0 Å². The molecule has 47 heavy (non-hydrogen) atoms. The Balaban J connectivity index is 1.29. The molecule has 0 saturated carbocycles. The van der Waals surface area contributed by atoms with Crippen molar-refractivity contribution in [2.24, 2.45) is 0 Å². The summed E-state index contributed by atoms with van der Waals surface area (Å²) >= 11 is 1.87. The summed E-state index contributed by atoms with van der Waals surface area (Å²) in [4.78, 5) is 10.9. The number of aromatic nitrogens is 3. The van der Waals surface area contributed by atoms with Crippen molar-refractivity contribution in [1.82, 2.24) is 14.5 Å². The maximum Gasteiger partial charge on any atom is 0.162 e. The predicted molar refractivity (Wildman–Crippen MR) is 198 cm³/mol. The molecule has 6 aromatic carbocycles. The first kappa shape index (κ1) is 26.6. The molecule has 3 aromatic heterocycles. The van der Waals surface area contributed by atoms with E-state index in [0.29, 0.717) is 0 Å². The van der Waals surface area contributed by atoms with E-state index in [0.717, 1.165) is 39.6 Å². The molecule has 222 valence electrons. The van der Waals surface area contributed by atoms with Gasteiger partial charge in [-0.25, -0.2) is 9.97 Å². The van der Waals surface area contributed by atoms with Crippen LogP contribution in [0.3, 0.4) is 0 Å². The Kier molecular flexibility index (Phi) is 5.50. The molecule has 0 fully saturated rings. The Labute approximate surface area is 276 Å². The first-order valence-corrected chi connectivity index (χ1v) is 16.9. The molecular weight excluding hydrogens is 591 g/mol. The van der Waals surface area contributed by atoms with E-state index in [9.17, 15) is 0 Å². The summed E-state index contributed by atoms with van der Waals surface area (Å²) in [6, 6.07) is 50.2. The highest BCUT2D eigenvalue weighted by Crippen LogP contribution is 2.51. The fraction of sp³-hybridized carbons (Fsp3) is 0.0698. The van der Waals surface area contributed by atoms with Gasteiger partial charge in [0.25, 0.3) is 0 Å². The zero-order valence-electron chi connectivity index (χ0n) is 26.0. The van der Waals surface area contributed by atoms with Crippen molar-refractivity contribution in [3.8, 4) is 39.5 Å². The van der Waals surface area contributed by atoms with Crippen LogP contribution >= 0.6 is 11.3 Å². The average molecular weight is 620 g/mol. The molecule has 0 atom stereocenters. The first-order valence-electron chi connectivity index (χ1n) is 16.1. The van der Waals surface area contributed by atoms with Crippen LogP contribution < -0.4 is 0 Å². The smallest absolute Gasteiger partial charge is 0.162 e. The number of hydrogen-bond donors (Lipinski definition) is 0. The summed E-state index contributed by atoms with van der Waals surface area (Å²) < 4.78 is 5.05. The molecule has 9 aromatic rings. The van der Waals surface area contributed by atoms with Crippen molar-refractivity contribution in [2.45, 2.75) is 19.3 Å². The molecule has 10 rings (SSSR count). The molecule has 0 radical (unpaired) electrons. The zero-order valence-corrected chi connectivity index (χ0v) is 26.8. The first-order chi connectivity index (χ1) is 23.1. The Bertz CT molecular complexity index is 2710. The topological polar surface area (TPSA) is 30.7 Å². The van der Waals surface area contributed by atoms with Gasteiger partial charge in [0.05, 0.1) is 28.1 Å². The van der Waals surface area contributed by atoms with Crippen LogP contribution in [0.4, 0.5) is 0 Å². The van der Waals surface area contributed by atoms with E-state index < -0.39 is 0 Å². The minimum absolute atomic E-state index is 0.263. The number of thiophene rings is 1. The normalized spacial score (nSPS) is 13.5. The Hall–Kier alpha value is -5.58. The molecular formula is C43H29N3S. The molecule has 4 heteroatoms. The van der Waals surface area contributed by atoms with Gasteiger partial charge in [-0.2, -0.15) is 0 Å². The van der Waals surface area contributed by atoms with Crippen molar-refractivity contribution < 1.29 is 0 Å². The van der Waals surface area contributed by atoms with Crippen LogP contribution in [0.25, 0.3) is 81.4 Å². The third-order valence-electron chi connectivity index (χ3n) is 9.97. The zero-order chi connectivity index (χ0) is 31.3. The summed E-state index contributed by atoms with van der Waals surface area (Å²) in [7, 11) is 0. The molecule has 0 unspecified atom stereocenters. The number of rotatable bonds is 3. The number of benzene rings is 6. The van der Waals surface area contributed by atoms with Crippen molar-refractivity contribution in [3.63, 3.8) is 0 Å². The summed E-state index contributed by atoms with van der Waals surface area (Å²) in [5.74, 6) is 0.743. The molecule has 1 aliphatic carbocycles. The van der Waals surface area contributed by atoms with E-state index in [1.807, 2.05) is 11.3 Å². The lowest BCUT2D eigenvalue weighted by Crippen LogP contribution is -2.17. The maximum atomic E-state index is 5.47. The molecule has 0 amide bonds. The monoisotopic (exact) mass is 619 g/mol. The quantitative estimate of drug-likeness (QED) is 0.197. The summed E-state index contributed by atoms with van der Waals surface area (Å²) in [6.07, 6.45) is 0. The number of hydrogen-bond acceptors (Lipinski definition) is 3. The number of para-hydroxylation sites is 2. The van der Waals surface area contributed by atoms with Crippen LogP contribution in [0.2, 0.25) is 0 Å². The maximum absolute atomic E-state index is 5.47. The fourth-order valence-corrected chi connectivity index (χ4v) is 8.90. The highest BCUT2D eigenvalue weighted by Gasteiger charge is 2.39. The van der Waals surface area contributed by atoms with Crippen LogP contribution in [-0.2, 0) is 5.41 Å². The lowest BCUT2D eigenvalue weighted by Gasteiger charge is -2.21. The number of fused-ring (bicyclic) bond motifs is 9. The van der Waals surface area contributed by atoms with Crippen molar-refractivity contribution in [3.05, 3.63) is 151 Å². The lowest BCUT2D eigenvalue weighted by atomic mass is 9.85. The van der Waals surface area contributed by atoms with Gasteiger partial charge >= 0.3 is 0 Å². The molecule has 3 heterocycles. The van der Waals surface area contributed by atoms with Gasteiger partial charge in [-0.3, -0.25) is 0 Å². The van der Waals surface area contributed by atoms with Crippen LogP contribution in [-0.4, -0.2) is 14.5 Å². The summed E-state index contributed by atoms with van der Waals surface area (Å²) in [5, 5.41) is 5.09. The van der Waals surface area contributed by atoms with Crippen LogP contribution in [0.1, 0.15) is 25.1 Å². The number of nitrogens with zero attached hydrogens (tertiary/aromatic N) is 3. The minimum atomic E-state index is -0.263. The van der Waals surface area contributed by atoms with Crippen LogP contribution in [0.15, 0.2) is 140 Å². The summed E-state index contributed by atoms with van der Waals surface area (Å²) in [6.45, 7) is 4.58. The van der Waals surface area contributed by atoms with Crippen molar-refractivity contribution in [1.29, 1.82) is 0 Å². The SMILES string of the molecule is CC1(C)c2ccccc2-c2c(-c3ccccc3)nc(-c3ccccc3-n3c4ccccc4c4cc5sc6ccccc6c5cc43)nc21. The largest absolute Gasteiger partial charge is 0.308 e. The lowest BCUT2D eigenvalue weighted by molar-refractivity contribution is 0.636. The average Bonchev–Trinajstić information content (AvgIpc) is 3.72. The van der Waals surface area contributed by atoms with Gasteiger partial charge in [-0.05, 0) is 47.5 Å². The molecule has 0 aliphatic heterocycles. The van der Waals surface area contributed by atoms with E-state index >= 15 is 0 Å². The predicted octanol–water partition coefficient (Wildman–Crippen LogP) is 11.6. The van der Waals surface area contributed by atoms with E-state index in [-0.39, 0.29) is 5.41 Å². The van der Waals surface area contributed by atoms with E-state index in [4.69, 9.17) is 9.97 Å². The molecule has 0 bridgehead atoms. The molecule has 1 aliphatic rings. The second-order valence-corrected chi connectivity index (χ2v) is 14.1. The minimum Gasteiger partial charge on any atom is -0.308 e. The van der Waals surface area contributed by atoms with Gasteiger partial charge in [0, 0.05) is 53.1 Å². The Morgan fingerprint density at radius 3 is 2.13 bits per heavy atom. The van der Waals surface area contributed by atoms with Gasteiger partial charge in [0.15, 0.2) is 5.82 Å². The highest BCUT2D eigenvalue weighted by atomic mass is 32.1. The third-order valence-corrected chi connectivity index (χ3v) is 11.1. The van der Waals surface area contributed by atoms with Crippen LogP contribution in [0, 0.1) is 0 Å². The van der Waals surface area contributed by atoms with Gasteiger partial charge in [-0.15, -0.1) is 11.3 Å². The van der Waals surface area contributed by atoms with Gasteiger partial charge < -0.3 is 4.57 Å². The van der Waals surface area contributed by atoms with E-state index in [1.54, 1.807) is 0 Å². The fourth-order valence-electron chi connectivity index (χ4n) is 7.77. The molecule has 3 nitrogen and oxygen atoms in total. The molecule has 0 saturated heterocycles. The van der Waals surface area contributed by atoms with Crippen LogP contribution in [0.5, 0.6) is 0 Å². The van der Waals surface area contributed by atoms with Gasteiger partial charge in [-0.1, -0.05) is 117 Å². The third kappa shape index (κ3) is 3.73. The molecule has 0 N–H and O–H groups in total. The van der Waals surface area contributed by atoms with E-state index in [2.05, 4.69) is 158 Å². The molecule has 0 spiro atoms. The summed E-state index contributed by atoms with van der Waals surface area (Å²) in [5.41, 5.74) is 11.0. The highest BCUT2D eigenvalue weighted by molar-refractivity contribution is 7.25.